The minimum Gasteiger partial charge on any atom is -0.507 e. The normalized spacial score (nSPS) is 13.7. The Hall–Kier alpha value is -6.04. The summed E-state index contributed by atoms with van der Waals surface area (Å²) in [5.74, 6) is 0.288. The molecule has 2 aromatic heterocycles. The van der Waals surface area contributed by atoms with E-state index in [4.69, 9.17) is 11.3 Å². The zero-order valence-corrected chi connectivity index (χ0v) is 42.8. The third-order valence-electron chi connectivity index (χ3n) is 12.6. The zero-order chi connectivity index (χ0) is 51.2. The van der Waals surface area contributed by atoms with E-state index in [0.717, 1.165) is 55.7 Å². The van der Waals surface area contributed by atoms with Crippen molar-refractivity contribution >= 4 is 24.3 Å². The van der Waals surface area contributed by atoms with Crippen LogP contribution in [-0.4, -0.2) is 27.7 Å². The van der Waals surface area contributed by atoms with Crippen molar-refractivity contribution in [2.45, 2.75) is 124 Å². The molecule has 1 N–H and O–H groups in total. The van der Waals surface area contributed by atoms with Gasteiger partial charge in [-0.3, -0.25) is 9.55 Å². The second kappa shape index (κ2) is 16.7. The molecule has 0 aliphatic heterocycles. The van der Waals surface area contributed by atoms with Crippen LogP contribution in [0.5, 0.6) is 5.75 Å². The lowest BCUT2D eigenvalue weighted by atomic mass is 9.79. The van der Waals surface area contributed by atoms with E-state index in [0.29, 0.717) is 33.7 Å². The number of aromatic hydroxyl groups is 1. The standard InChI is InChI=1S/C61H69N3OSi/c1-58(2,3)44-26-29-53(49(36-44)40-20-17-16-18-21-40)64-54-23-19-22-48(55(54)63-57(64)50-37-46(60(7,8)9)38-51(56(50)65)61(10,11)12)42-32-43(34-45(33-42)59(4,5)6)52-35-41(30-31-62-52)39-24-27-47(28-25-39)66(13,14)15/h16-38,65H,1-15H3/i30D,35D,37D,38D. The Morgan fingerprint density at radius 1 is 0.530 bits per heavy atom. The molecule has 8 rings (SSSR count). The maximum Gasteiger partial charge on any atom is 0.149 e. The van der Waals surface area contributed by atoms with Gasteiger partial charge in [0.25, 0.3) is 0 Å². The molecule has 0 bridgehead atoms. The molecular formula is C61H69N3OSi. The summed E-state index contributed by atoms with van der Waals surface area (Å²) in [6.07, 6.45) is 1.56. The van der Waals surface area contributed by atoms with E-state index < -0.39 is 18.9 Å². The second-order valence-corrected chi connectivity index (χ2v) is 28.2. The topological polar surface area (TPSA) is 50.9 Å². The Labute approximate surface area is 401 Å². The van der Waals surface area contributed by atoms with Gasteiger partial charge in [-0.1, -0.05) is 193 Å². The van der Waals surface area contributed by atoms with Crippen LogP contribution in [0, 0.1) is 0 Å². The Morgan fingerprint density at radius 2 is 1.18 bits per heavy atom. The van der Waals surface area contributed by atoms with Crippen LogP contribution in [0.1, 0.15) is 111 Å². The first-order valence-corrected chi connectivity index (χ1v) is 26.8. The van der Waals surface area contributed by atoms with E-state index in [2.05, 4.69) is 139 Å². The lowest BCUT2D eigenvalue weighted by molar-refractivity contribution is 0.446. The number of nitrogens with zero attached hydrogens (tertiary/aromatic N) is 3. The van der Waals surface area contributed by atoms with Gasteiger partial charge in [0, 0.05) is 28.5 Å². The number of imidazole rings is 1. The SMILES string of the molecule is [2H]c1cnc(-c2cc(-c3cccc4c3nc(-c3c([2H])c(C(C)(C)C)c([2H])c(C(C)(C)C)c3O)n4-c3ccc(C(C)(C)C)cc3-c3ccccc3)cc(C(C)(C)C)c2)c([2H])c1-c1ccc([Si](C)(C)C)cc1. The highest BCUT2D eigenvalue weighted by Crippen LogP contribution is 2.46. The molecule has 0 aliphatic rings. The Kier molecular flexibility index (Phi) is 10.5. The number of fused-ring (bicyclic) bond motifs is 1. The van der Waals surface area contributed by atoms with Crippen molar-refractivity contribution in [2.24, 2.45) is 0 Å². The molecule has 0 unspecified atom stereocenters. The number of pyridine rings is 1. The fourth-order valence-electron chi connectivity index (χ4n) is 8.53. The first-order chi connectivity index (χ1) is 32.5. The molecule has 338 valence electrons. The predicted molar refractivity (Wildman–Crippen MR) is 285 cm³/mol. The van der Waals surface area contributed by atoms with Crippen molar-refractivity contribution in [3.05, 3.63) is 162 Å². The van der Waals surface area contributed by atoms with Gasteiger partial charge in [0.1, 0.15) is 11.6 Å². The summed E-state index contributed by atoms with van der Waals surface area (Å²) < 4.78 is 40.3. The number of benzene rings is 6. The molecular weight excluding hydrogens is 819 g/mol. The van der Waals surface area contributed by atoms with Crippen LogP contribution in [0.4, 0.5) is 0 Å². The van der Waals surface area contributed by atoms with Crippen LogP contribution >= 0.6 is 0 Å². The number of para-hydroxylation sites is 1. The van der Waals surface area contributed by atoms with E-state index in [-0.39, 0.29) is 46.3 Å². The third-order valence-corrected chi connectivity index (χ3v) is 14.7. The van der Waals surface area contributed by atoms with Gasteiger partial charge in [0.15, 0.2) is 0 Å². The van der Waals surface area contributed by atoms with E-state index in [1.54, 1.807) is 6.20 Å². The van der Waals surface area contributed by atoms with Crippen LogP contribution in [0.3, 0.4) is 0 Å². The maximum atomic E-state index is 12.7. The summed E-state index contributed by atoms with van der Waals surface area (Å²) in [6.45, 7) is 32.2. The molecule has 4 nitrogen and oxygen atoms in total. The average Bonchev–Trinajstić information content (AvgIpc) is 3.63. The van der Waals surface area contributed by atoms with Crippen molar-refractivity contribution in [1.82, 2.24) is 14.5 Å². The molecule has 0 fully saturated rings. The molecule has 6 aromatic carbocycles. The summed E-state index contributed by atoms with van der Waals surface area (Å²) in [5, 5.41) is 14.0. The van der Waals surface area contributed by atoms with E-state index in [1.807, 2.05) is 77.9 Å². The van der Waals surface area contributed by atoms with Gasteiger partial charge in [-0.25, -0.2) is 4.98 Å². The molecule has 0 saturated heterocycles. The van der Waals surface area contributed by atoms with Gasteiger partial charge in [-0.15, -0.1) is 0 Å². The minimum atomic E-state index is -1.57. The van der Waals surface area contributed by atoms with Crippen molar-refractivity contribution < 1.29 is 10.6 Å². The highest BCUT2D eigenvalue weighted by Gasteiger charge is 2.30. The molecule has 0 amide bonds. The fraction of sp³-hybridized carbons (Fsp3) is 0.311. The number of hydrogen-bond donors (Lipinski definition) is 1. The fourth-order valence-corrected chi connectivity index (χ4v) is 9.70. The zero-order valence-electron chi connectivity index (χ0n) is 45.8. The van der Waals surface area contributed by atoms with Gasteiger partial charge in [-0.2, -0.15) is 0 Å². The highest BCUT2D eigenvalue weighted by molar-refractivity contribution is 6.88. The molecule has 8 aromatic rings. The smallest absolute Gasteiger partial charge is 0.149 e. The van der Waals surface area contributed by atoms with Crippen molar-refractivity contribution in [3.63, 3.8) is 0 Å². The Bertz CT molecular complexity index is 3280. The Morgan fingerprint density at radius 3 is 1.80 bits per heavy atom. The Balaban J connectivity index is 1.48. The predicted octanol–water partition coefficient (Wildman–Crippen LogP) is 16.2. The van der Waals surface area contributed by atoms with Gasteiger partial charge < -0.3 is 5.11 Å². The lowest BCUT2D eigenvalue weighted by Crippen LogP contribution is -2.37. The minimum absolute atomic E-state index is 0.0727. The molecule has 66 heavy (non-hydrogen) atoms. The van der Waals surface area contributed by atoms with Gasteiger partial charge >= 0.3 is 0 Å². The van der Waals surface area contributed by atoms with Gasteiger partial charge in [-0.05, 0) is 109 Å². The summed E-state index contributed by atoms with van der Waals surface area (Å²) in [4.78, 5) is 10.4. The van der Waals surface area contributed by atoms with Crippen molar-refractivity contribution in [2.75, 3.05) is 0 Å². The molecule has 0 aliphatic carbocycles. The van der Waals surface area contributed by atoms with Crippen LogP contribution in [0.25, 0.3) is 72.7 Å². The monoisotopic (exact) mass is 892 g/mol. The van der Waals surface area contributed by atoms with Crippen LogP contribution in [0.15, 0.2) is 140 Å². The largest absolute Gasteiger partial charge is 0.507 e. The molecule has 0 saturated carbocycles. The number of aromatic nitrogens is 3. The average molecular weight is 892 g/mol. The molecule has 0 radical (unpaired) electrons. The van der Waals surface area contributed by atoms with Crippen molar-refractivity contribution in [3.8, 4) is 67.5 Å². The van der Waals surface area contributed by atoms with Gasteiger partial charge in [0.2, 0.25) is 0 Å². The molecule has 2 heterocycles. The van der Waals surface area contributed by atoms with Crippen molar-refractivity contribution in [1.29, 1.82) is 0 Å². The van der Waals surface area contributed by atoms with Gasteiger partial charge in [0.05, 0.1) is 41.5 Å². The number of hydrogen-bond acceptors (Lipinski definition) is 3. The van der Waals surface area contributed by atoms with Crippen LogP contribution < -0.4 is 5.19 Å². The second-order valence-electron chi connectivity index (χ2n) is 23.1. The first-order valence-electron chi connectivity index (χ1n) is 25.3. The summed E-state index contributed by atoms with van der Waals surface area (Å²) in [6, 6.07) is 38.5. The summed E-state index contributed by atoms with van der Waals surface area (Å²) in [7, 11) is -1.57. The summed E-state index contributed by atoms with van der Waals surface area (Å²) in [5.41, 5.74) is 10.4. The van der Waals surface area contributed by atoms with E-state index >= 15 is 0 Å². The first kappa shape index (κ1) is 41.4. The molecule has 5 heteroatoms. The maximum absolute atomic E-state index is 12.7. The number of rotatable bonds is 7. The molecule has 0 spiro atoms. The lowest BCUT2D eigenvalue weighted by Gasteiger charge is -2.28. The van der Waals surface area contributed by atoms with E-state index in [9.17, 15) is 9.22 Å². The highest BCUT2D eigenvalue weighted by atomic mass is 28.3. The number of phenols is 1. The number of phenolic OH excluding ortho intramolecular Hbond substituents is 1. The summed E-state index contributed by atoms with van der Waals surface area (Å²) >= 11 is 0. The molecule has 0 atom stereocenters. The third kappa shape index (κ3) is 9.20. The van der Waals surface area contributed by atoms with Crippen LogP contribution in [0.2, 0.25) is 19.6 Å². The van der Waals surface area contributed by atoms with Crippen LogP contribution in [-0.2, 0) is 21.7 Å². The quantitative estimate of drug-likeness (QED) is 0.162. The van der Waals surface area contributed by atoms with E-state index in [1.165, 1.54) is 5.19 Å².